The molecule has 0 saturated carbocycles. The van der Waals surface area contributed by atoms with E-state index in [1.165, 1.54) is 11.3 Å². The smallest absolute Gasteiger partial charge is 0.240 e. The molecule has 2 heterocycles. The van der Waals surface area contributed by atoms with E-state index in [2.05, 4.69) is 15.2 Å². The minimum atomic E-state index is -0.586. The van der Waals surface area contributed by atoms with Crippen LogP contribution in [0.15, 0.2) is 5.38 Å². The molecule has 1 fully saturated rings. The van der Waals surface area contributed by atoms with Crippen LogP contribution in [0.5, 0.6) is 0 Å². The fraction of sp³-hybridized carbons (Fsp3) is 0.692. The third-order valence-corrected chi connectivity index (χ3v) is 4.26. The summed E-state index contributed by atoms with van der Waals surface area (Å²) in [6.07, 6.45) is 2.45. The Bertz CT molecular complexity index is 445. The first kappa shape index (κ1) is 14.4. The molecule has 0 radical (unpaired) electrons. The number of thiazole rings is 1. The summed E-state index contributed by atoms with van der Waals surface area (Å²) in [7, 11) is 0. The number of anilines is 1. The first-order chi connectivity index (χ1) is 8.94. The van der Waals surface area contributed by atoms with Crippen molar-refractivity contribution in [2.24, 2.45) is 0 Å². The van der Waals surface area contributed by atoms with Gasteiger partial charge in [0.15, 0.2) is 5.13 Å². The lowest BCUT2D eigenvalue weighted by Gasteiger charge is -2.21. The molecule has 2 N–H and O–H groups in total. The monoisotopic (exact) mass is 283 g/mol. The number of nitrogens with one attached hydrogen (secondary N) is 1. The second-order valence-electron chi connectivity index (χ2n) is 5.47. The average molecular weight is 283 g/mol. The van der Waals surface area contributed by atoms with Crippen molar-refractivity contribution in [1.82, 2.24) is 9.88 Å². The van der Waals surface area contributed by atoms with Gasteiger partial charge in [0.1, 0.15) is 0 Å². The first-order valence-corrected chi connectivity index (χ1v) is 7.49. The van der Waals surface area contributed by atoms with E-state index in [0.29, 0.717) is 11.7 Å². The molecule has 1 aliphatic rings. The highest BCUT2D eigenvalue weighted by Crippen LogP contribution is 2.21. The van der Waals surface area contributed by atoms with Gasteiger partial charge in [-0.25, -0.2) is 4.98 Å². The summed E-state index contributed by atoms with van der Waals surface area (Å²) in [4.78, 5) is 18.2. The van der Waals surface area contributed by atoms with Crippen molar-refractivity contribution < 1.29 is 9.90 Å². The Morgan fingerprint density at radius 3 is 3.05 bits per heavy atom. The number of carbonyl (C=O) groups excluding carboxylic acids is 1. The molecular weight excluding hydrogens is 262 g/mol. The van der Waals surface area contributed by atoms with Gasteiger partial charge in [0.2, 0.25) is 5.91 Å². The highest BCUT2D eigenvalue weighted by Gasteiger charge is 2.25. The second-order valence-corrected chi connectivity index (χ2v) is 6.33. The SMILES string of the molecule is Cc1csc(NC(=O)CN2CCCC(C)(O)CC2)n1. The van der Waals surface area contributed by atoms with Crippen LogP contribution in [0.2, 0.25) is 0 Å². The molecule has 1 aromatic heterocycles. The largest absolute Gasteiger partial charge is 0.390 e. The van der Waals surface area contributed by atoms with E-state index >= 15 is 0 Å². The molecule has 1 aliphatic heterocycles. The number of carbonyl (C=O) groups is 1. The Labute approximate surface area is 117 Å². The Balaban J connectivity index is 1.82. The van der Waals surface area contributed by atoms with Crippen molar-refractivity contribution >= 4 is 22.4 Å². The lowest BCUT2D eigenvalue weighted by molar-refractivity contribution is -0.117. The minimum absolute atomic E-state index is 0.0316. The van der Waals surface area contributed by atoms with Crippen molar-refractivity contribution in [2.45, 2.75) is 38.7 Å². The topological polar surface area (TPSA) is 65.5 Å². The van der Waals surface area contributed by atoms with E-state index in [-0.39, 0.29) is 5.91 Å². The lowest BCUT2D eigenvalue weighted by atomic mass is 9.98. The van der Waals surface area contributed by atoms with Crippen LogP contribution >= 0.6 is 11.3 Å². The number of amides is 1. The van der Waals surface area contributed by atoms with Crippen LogP contribution in [-0.2, 0) is 4.79 Å². The minimum Gasteiger partial charge on any atom is -0.390 e. The van der Waals surface area contributed by atoms with Crippen LogP contribution in [-0.4, -0.2) is 46.1 Å². The maximum absolute atomic E-state index is 11.9. The summed E-state index contributed by atoms with van der Waals surface area (Å²) in [5, 5.41) is 15.4. The summed E-state index contributed by atoms with van der Waals surface area (Å²) in [6.45, 7) is 5.77. The van der Waals surface area contributed by atoms with Crippen LogP contribution in [0.4, 0.5) is 5.13 Å². The molecule has 0 aliphatic carbocycles. The summed E-state index contributed by atoms with van der Waals surface area (Å²) < 4.78 is 0. The van der Waals surface area contributed by atoms with Gasteiger partial charge >= 0.3 is 0 Å². The van der Waals surface area contributed by atoms with Gasteiger partial charge in [-0.05, 0) is 39.7 Å². The highest BCUT2D eigenvalue weighted by molar-refractivity contribution is 7.13. The average Bonchev–Trinajstić information content (AvgIpc) is 2.63. The van der Waals surface area contributed by atoms with Crippen LogP contribution in [0.3, 0.4) is 0 Å². The first-order valence-electron chi connectivity index (χ1n) is 6.61. The molecule has 6 heteroatoms. The molecule has 19 heavy (non-hydrogen) atoms. The van der Waals surface area contributed by atoms with E-state index in [0.717, 1.165) is 38.0 Å². The van der Waals surface area contributed by atoms with Crippen molar-refractivity contribution in [2.75, 3.05) is 25.0 Å². The Kier molecular flexibility index (Phi) is 4.54. The van der Waals surface area contributed by atoms with Crippen molar-refractivity contribution in [3.05, 3.63) is 11.1 Å². The fourth-order valence-electron chi connectivity index (χ4n) is 2.25. The standard InChI is InChI=1S/C13H21N3O2S/c1-10-9-19-12(14-10)15-11(17)8-16-6-3-4-13(2,18)5-7-16/h9,18H,3-8H2,1-2H3,(H,14,15,17). The van der Waals surface area contributed by atoms with Gasteiger partial charge in [0.05, 0.1) is 17.8 Å². The van der Waals surface area contributed by atoms with Gasteiger partial charge < -0.3 is 10.4 Å². The van der Waals surface area contributed by atoms with Crippen molar-refractivity contribution in [3.8, 4) is 0 Å². The molecule has 2 rings (SSSR count). The number of aryl methyl sites for hydroxylation is 1. The van der Waals surface area contributed by atoms with Crippen LogP contribution in [0.25, 0.3) is 0 Å². The maximum Gasteiger partial charge on any atom is 0.240 e. The maximum atomic E-state index is 11.9. The summed E-state index contributed by atoms with van der Waals surface area (Å²) in [5.74, 6) is -0.0316. The predicted octanol–water partition coefficient (Wildman–Crippen LogP) is 1.63. The molecule has 1 unspecified atom stereocenters. The van der Waals surface area contributed by atoms with E-state index in [1.54, 1.807) is 0 Å². The Hall–Kier alpha value is -0.980. The highest BCUT2D eigenvalue weighted by atomic mass is 32.1. The van der Waals surface area contributed by atoms with Gasteiger partial charge in [-0.3, -0.25) is 9.69 Å². The number of aliphatic hydroxyl groups is 1. The van der Waals surface area contributed by atoms with Gasteiger partial charge in [-0.15, -0.1) is 11.3 Å². The third kappa shape index (κ3) is 4.56. The Morgan fingerprint density at radius 2 is 2.37 bits per heavy atom. The Morgan fingerprint density at radius 1 is 1.58 bits per heavy atom. The molecule has 5 nitrogen and oxygen atoms in total. The quantitative estimate of drug-likeness (QED) is 0.885. The lowest BCUT2D eigenvalue weighted by Crippen LogP contribution is -2.35. The number of aromatic nitrogens is 1. The second kappa shape index (κ2) is 5.98. The zero-order valence-corrected chi connectivity index (χ0v) is 12.3. The van der Waals surface area contributed by atoms with Gasteiger partial charge in [-0.2, -0.15) is 0 Å². The normalized spacial score (nSPS) is 25.0. The number of hydrogen-bond donors (Lipinski definition) is 2. The fourth-order valence-corrected chi connectivity index (χ4v) is 2.96. The number of hydrogen-bond acceptors (Lipinski definition) is 5. The van der Waals surface area contributed by atoms with Crippen molar-refractivity contribution in [1.29, 1.82) is 0 Å². The van der Waals surface area contributed by atoms with E-state index < -0.39 is 5.60 Å². The number of nitrogens with zero attached hydrogens (tertiary/aromatic N) is 2. The molecule has 0 bridgehead atoms. The zero-order chi connectivity index (χ0) is 13.9. The molecule has 1 saturated heterocycles. The van der Waals surface area contributed by atoms with E-state index in [4.69, 9.17) is 0 Å². The van der Waals surface area contributed by atoms with Crippen LogP contribution in [0, 0.1) is 6.92 Å². The summed E-state index contributed by atoms with van der Waals surface area (Å²) in [5.41, 5.74) is 0.337. The predicted molar refractivity (Wildman–Crippen MR) is 76.4 cm³/mol. The molecule has 0 spiro atoms. The molecular formula is C13H21N3O2S. The van der Waals surface area contributed by atoms with Crippen LogP contribution in [0.1, 0.15) is 31.9 Å². The summed E-state index contributed by atoms with van der Waals surface area (Å²) in [6, 6.07) is 0. The van der Waals surface area contributed by atoms with Gasteiger partial charge in [0, 0.05) is 11.9 Å². The van der Waals surface area contributed by atoms with Crippen LogP contribution < -0.4 is 5.32 Å². The molecule has 0 aromatic carbocycles. The summed E-state index contributed by atoms with van der Waals surface area (Å²) >= 11 is 1.44. The van der Waals surface area contributed by atoms with Crippen molar-refractivity contribution in [3.63, 3.8) is 0 Å². The molecule has 1 amide bonds. The zero-order valence-electron chi connectivity index (χ0n) is 11.5. The molecule has 106 valence electrons. The third-order valence-electron chi connectivity index (χ3n) is 3.39. The van der Waals surface area contributed by atoms with Gasteiger partial charge in [-0.1, -0.05) is 0 Å². The molecule has 1 atom stereocenters. The number of likely N-dealkylation sites (tertiary alicyclic amines) is 1. The van der Waals surface area contributed by atoms with Gasteiger partial charge in [0.25, 0.3) is 0 Å². The van der Waals surface area contributed by atoms with E-state index in [1.807, 2.05) is 19.2 Å². The van der Waals surface area contributed by atoms with E-state index in [9.17, 15) is 9.90 Å². The molecule has 1 aromatic rings. The number of rotatable bonds is 3.